The summed E-state index contributed by atoms with van der Waals surface area (Å²) in [6.45, 7) is 0. The fraction of sp³-hybridized carbons (Fsp3) is 0. The fourth-order valence-corrected chi connectivity index (χ4v) is 0. The van der Waals surface area contributed by atoms with Crippen molar-refractivity contribution in [3.05, 3.63) is 20.2 Å². The summed E-state index contributed by atoms with van der Waals surface area (Å²) in [6, 6.07) is 0. The zero-order valence-corrected chi connectivity index (χ0v) is 3.34. The molecular weight excluding hydrogens is 129 g/mol. The minimum atomic E-state index is 0. The molecule has 0 saturated heterocycles. The molecule has 0 aliphatic heterocycles. The normalized spacial score (nSPS) is 3.00. The van der Waals surface area contributed by atoms with Gasteiger partial charge in [-0.3, -0.25) is 20.2 Å². The van der Waals surface area contributed by atoms with Crippen LogP contribution < -0.4 is 16.8 Å². The molecule has 0 saturated carbocycles. The molecule has 0 bridgehead atoms. The molecule has 0 aromatic carbocycles. The predicted octanol–water partition coefficient (Wildman–Crippen LogP) is -3.82. The van der Waals surface area contributed by atoms with Crippen LogP contribution in [0.25, 0.3) is 0 Å². The van der Waals surface area contributed by atoms with Crippen molar-refractivity contribution < 1.29 is 10.7 Å². The van der Waals surface area contributed by atoms with E-state index in [-0.39, 0.29) is 46.4 Å². The molecule has 0 amide bonds. The van der Waals surface area contributed by atoms with Gasteiger partial charge >= 0.3 is 29.6 Å². The van der Waals surface area contributed by atoms with Crippen LogP contribution in [0.2, 0.25) is 0 Å². The Kier molecular flexibility index (Phi) is 227. The number of nitrogens with one attached hydrogen (secondary N) is 2. The molecular formula is H6N3NaO4. The molecule has 0 radical (unpaired) electrons. The van der Waals surface area contributed by atoms with Gasteiger partial charge in [-0.25, -0.2) is 0 Å². The van der Waals surface area contributed by atoms with Gasteiger partial charge in [0.2, 0.25) is 0 Å². The zero-order chi connectivity index (χ0) is 5.41. The van der Waals surface area contributed by atoms with Crippen molar-refractivity contribution in [2.24, 2.45) is 0 Å². The van der Waals surface area contributed by atoms with Crippen LogP contribution in [-0.2, 0) is 0 Å². The second kappa shape index (κ2) is 72.4. The fourth-order valence-electron chi connectivity index (χ4n) is 0. The molecule has 8 heteroatoms. The van der Waals surface area contributed by atoms with Gasteiger partial charge in [0, 0.05) is 10.7 Å². The van der Waals surface area contributed by atoms with Crippen molar-refractivity contribution in [1.82, 2.24) is 6.15 Å². The van der Waals surface area contributed by atoms with Gasteiger partial charge < -0.3 is 6.15 Å². The van der Waals surface area contributed by atoms with Gasteiger partial charge in [0.1, 0.15) is 0 Å². The molecule has 0 fully saturated rings. The first-order valence-corrected chi connectivity index (χ1v) is 0.816. The summed E-state index contributed by atoms with van der Waals surface area (Å²) in [5.41, 5.74) is 0. The SMILES string of the molecule is N.O=[NH+][O-].O=[NH+][O-].[NaH]. The van der Waals surface area contributed by atoms with Crippen LogP contribution in [0.3, 0.4) is 0 Å². The standard InChI is InChI=1S/2HNO2.H3N.Na.H/c2*2-1-3;;;/h2*1H;1H3;;. The Morgan fingerprint density at radius 3 is 1.00 bits per heavy atom. The van der Waals surface area contributed by atoms with Crippen LogP contribution in [0.5, 0.6) is 0 Å². The molecule has 8 heavy (non-hydrogen) atoms. The number of rotatable bonds is 0. The summed E-state index contributed by atoms with van der Waals surface area (Å²) in [5.74, 6) is 0. The molecule has 0 aliphatic carbocycles. The summed E-state index contributed by atoms with van der Waals surface area (Å²) in [6.07, 6.45) is 0. The Morgan fingerprint density at radius 1 is 1.00 bits per heavy atom. The Morgan fingerprint density at radius 2 is 1.00 bits per heavy atom. The van der Waals surface area contributed by atoms with Gasteiger partial charge in [0.15, 0.2) is 0 Å². The summed E-state index contributed by atoms with van der Waals surface area (Å²) in [7, 11) is 0. The van der Waals surface area contributed by atoms with E-state index >= 15 is 0 Å². The summed E-state index contributed by atoms with van der Waals surface area (Å²) < 4.78 is 0. The molecule has 0 unspecified atom stereocenters. The van der Waals surface area contributed by atoms with Gasteiger partial charge in [-0.05, 0) is 0 Å². The van der Waals surface area contributed by atoms with E-state index in [4.69, 9.17) is 20.2 Å². The van der Waals surface area contributed by atoms with Crippen LogP contribution in [0.15, 0.2) is 0 Å². The number of hydrogen-bond acceptors (Lipinski definition) is 5. The Bertz CT molecular complexity index is 32.3. The third kappa shape index (κ3) is 2270. The Balaban J connectivity index is -0.0000000160. The first kappa shape index (κ1) is 25.1. The van der Waals surface area contributed by atoms with E-state index in [0.29, 0.717) is 0 Å². The van der Waals surface area contributed by atoms with Gasteiger partial charge in [-0.1, -0.05) is 0 Å². The van der Waals surface area contributed by atoms with Gasteiger partial charge in [-0.2, -0.15) is 0 Å². The van der Waals surface area contributed by atoms with Crippen LogP contribution in [0, 0.1) is 20.2 Å². The Hall–Kier alpha value is -0.240. The van der Waals surface area contributed by atoms with Crippen LogP contribution >= 0.6 is 0 Å². The van der Waals surface area contributed by atoms with Crippen molar-refractivity contribution in [3.63, 3.8) is 0 Å². The number of hydrogen-bond donors (Lipinski definition) is 3. The van der Waals surface area contributed by atoms with Crippen molar-refractivity contribution in [2.45, 2.75) is 0 Å². The average molecular weight is 135 g/mol. The van der Waals surface area contributed by atoms with E-state index in [9.17, 15) is 0 Å². The molecule has 0 aliphatic rings. The van der Waals surface area contributed by atoms with Gasteiger partial charge in [-0.15, -0.1) is 0 Å². The van der Waals surface area contributed by atoms with Gasteiger partial charge in [0.25, 0.3) is 0 Å². The van der Waals surface area contributed by atoms with Crippen LogP contribution in [-0.4, -0.2) is 29.6 Å². The third-order valence-electron chi connectivity index (χ3n) is 0. The van der Waals surface area contributed by atoms with Gasteiger partial charge in [0.05, 0.1) is 0 Å². The first-order chi connectivity index (χ1) is 2.83. The average Bonchev–Trinajstić information content (AvgIpc) is 1.39. The maximum atomic E-state index is 8.12. The molecule has 0 spiro atoms. The van der Waals surface area contributed by atoms with E-state index < -0.39 is 0 Å². The van der Waals surface area contributed by atoms with Crippen molar-refractivity contribution in [3.8, 4) is 0 Å². The van der Waals surface area contributed by atoms with E-state index in [1.807, 2.05) is 0 Å². The van der Waals surface area contributed by atoms with E-state index in [0.717, 1.165) is 0 Å². The zero-order valence-electron chi connectivity index (χ0n) is 3.34. The van der Waals surface area contributed by atoms with Crippen LogP contribution in [0.1, 0.15) is 0 Å². The summed E-state index contributed by atoms with van der Waals surface area (Å²) >= 11 is 0. The van der Waals surface area contributed by atoms with Crippen LogP contribution in [0.4, 0.5) is 0 Å². The second-order valence-corrected chi connectivity index (χ2v) is 0.167. The molecule has 0 aromatic heterocycles. The maximum absolute atomic E-state index is 8.12. The molecule has 46 valence electrons. The second-order valence-electron chi connectivity index (χ2n) is 0.167. The van der Waals surface area contributed by atoms with E-state index in [1.54, 1.807) is 0 Å². The summed E-state index contributed by atoms with van der Waals surface area (Å²) in [4.78, 5) is 16.2. The van der Waals surface area contributed by atoms with Crippen molar-refractivity contribution in [2.75, 3.05) is 0 Å². The Labute approximate surface area is 66.8 Å². The summed E-state index contributed by atoms with van der Waals surface area (Å²) in [5, 5.41) is 16.8. The molecule has 0 rings (SSSR count). The van der Waals surface area contributed by atoms with E-state index in [1.165, 1.54) is 0 Å². The molecule has 0 heterocycles. The van der Waals surface area contributed by atoms with Crippen molar-refractivity contribution >= 4 is 29.6 Å². The topological polar surface area (TPSA) is 143 Å². The predicted molar refractivity (Wildman–Crippen MR) is 27.6 cm³/mol. The molecule has 0 atom stereocenters. The molecule has 7 nitrogen and oxygen atoms in total. The minimum absolute atomic E-state index is 0. The van der Waals surface area contributed by atoms with E-state index in [2.05, 4.69) is 0 Å². The quantitative estimate of drug-likeness (QED) is 0.177. The van der Waals surface area contributed by atoms with Crippen molar-refractivity contribution in [1.29, 1.82) is 0 Å². The monoisotopic (exact) mass is 135 g/mol. The molecule has 5 N–H and O–H groups in total. The third-order valence-corrected chi connectivity index (χ3v) is 0. The first-order valence-electron chi connectivity index (χ1n) is 0.816. The molecule has 0 aromatic rings.